The van der Waals surface area contributed by atoms with Gasteiger partial charge in [0.05, 0.1) is 0 Å². The Hall–Kier alpha value is -2.23. The van der Waals surface area contributed by atoms with Crippen LogP contribution in [0.1, 0.15) is 83.3 Å². The van der Waals surface area contributed by atoms with Crippen molar-refractivity contribution in [3.8, 4) is 11.5 Å². The first-order valence-corrected chi connectivity index (χ1v) is 11.0. The Labute approximate surface area is 176 Å². The van der Waals surface area contributed by atoms with Gasteiger partial charge >= 0.3 is 6.09 Å². The van der Waals surface area contributed by atoms with E-state index in [0.717, 1.165) is 56.1 Å². The number of carbonyl (C=O) groups excluding carboxylic acids is 1. The average molecular weight is 400 g/mol. The topological polar surface area (TPSA) is 58.6 Å². The number of phenolic OH excluding ortho intramolecular Hbond substituents is 1. The summed E-state index contributed by atoms with van der Waals surface area (Å²) in [6.45, 7) is 13.1. The number of amides is 1. The lowest BCUT2D eigenvalue weighted by atomic mass is 9.73. The number of phenols is 1. The lowest BCUT2D eigenvalue weighted by Gasteiger charge is -2.32. The minimum atomic E-state index is -0.471. The molecule has 1 aliphatic rings. The Bertz CT molecular complexity index is 751. The van der Waals surface area contributed by atoms with Crippen LogP contribution in [-0.4, -0.2) is 17.7 Å². The van der Waals surface area contributed by atoms with Crippen molar-refractivity contribution in [2.75, 3.05) is 6.54 Å². The highest BCUT2D eigenvalue weighted by atomic mass is 16.6. The molecule has 4 nitrogen and oxygen atoms in total. The van der Waals surface area contributed by atoms with E-state index >= 15 is 0 Å². The molecule has 2 rings (SSSR count). The monoisotopic (exact) mass is 399 g/mol. The summed E-state index contributed by atoms with van der Waals surface area (Å²) in [6, 6.07) is 3.78. The van der Waals surface area contributed by atoms with Crippen LogP contribution in [0.2, 0.25) is 0 Å². The maximum atomic E-state index is 12.3. The van der Waals surface area contributed by atoms with Crippen LogP contribution >= 0.6 is 0 Å². The summed E-state index contributed by atoms with van der Waals surface area (Å²) in [5.74, 6) is 0.850. The van der Waals surface area contributed by atoms with Crippen LogP contribution in [0, 0.1) is 5.92 Å². The molecule has 0 aliphatic heterocycles. The smallest absolute Gasteiger partial charge is 0.412 e. The fourth-order valence-corrected chi connectivity index (χ4v) is 4.08. The van der Waals surface area contributed by atoms with Gasteiger partial charge in [-0.05, 0) is 69.6 Å². The molecule has 1 amide bonds. The molecule has 1 aromatic carbocycles. The molecule has 2 N–H and O–H groups in total. The van der Waals surface area contributed by atoms with Gasteiger partial charge in [-0.2, -0.15) is 0 Å². The maximum Gasteiger partial charge on any atom is 0.412 e. The number of allylic oxidation sites excluding steroid dienone is 3. The normalized spacial score (nSPS) is 18.8. The van der Waals surface area contributed by atoms with Crippen molar-refractivity contribution in [2.45, 2.75) is 78.6 Å². The number of nitrogens with one attached hydrogen (secondary N) is 1. The number of unbranched alkanes of at least 4 members (excludes halogenated alkanes) is 2. The summed E-state index contributed by atoms with van der Waals surface area (Å²) in [4.78, 5) is 12.3. The van der Waals surface area contributed by atoms with Crippen molar-refractivity contribution in [3.63, 3.8) is 0 Å². The van der Waals surface area contributed by atoms with E-state index in [1.165, 1.54) is 5.57 Å². The molecule has 1 aromatic rings. The van der Waals surface area contributed by atoms with E-state index < -0.39 is 6.09 Å². The standard InChI is InChI=1S/C25H37NO3/c1-6-8-9-10-19-15-22(27)24(23(16-19)29-25(28)26-13-7-2)21-14-18(5)11-12-20(21)17(3)4/h14-16,20-21,27H,3,6-13H2,1-2,4-5H3,(H,26,28)/t20-,21+/m0/s1. The Morgan fingerprint density at radius 3 is 2.69 bits per heavy atom. The zero-order chi connectivity index (χ0) is 21.4. The van der Waals surface area contributed by atoms with E-state index in [-0.39, 0.29) is 17.6 Å². The molecule has 0 heterocycles. The largest absolute Gasteiger partial charge is 0.507 e. The van der Waals surface area contributed by atoms with Gasteiger partial charge in [0.15, 0.2) is 0 Å². The van der Waals surface area contributed by atoms with Crippen LogP contribution in [0.4, 0.5) is 4.79 Å². The van der Waals surface area contributed by atoms with E-state index in [4.69, 9.17) is 4.74 Å². The third-order valence-electron chi connectivity index (χ3n) is 5.68. The summed E-state index contributed by atoms with van der Waals surface area (Å²) in [5, 5.41) is 13.8. The first-order chi connectivity index (χ1) is 13.9. The molecule has 0 spiro atoms. The van der Waals surface area contributed by atoms with Crippen LogP contribution in [0.25, 0.3) is 0 Å². The molecule has 29 heavy (non-hydrogen) atoms. The van der Waals surface area contributed by atoms with E-state index in [0.29, 0.717) is 17.9 Å². The summed E-state index contributed by atoms with van der Waals surface area (Å²) >= 11 is 0. The molecular formula is C25H37NO3. The SMILES string of the molecule is C=C(C)[C@@H]1CCC(C)=C[C@H]1c1c(O)cc(CCCCC)cc1OC(=O)NCCC. The van der Waals surface area contributed by atoms with Crippen LogP contribution in [-0.2, 0) is 6.42 Å². The number of carbonyl (C=O) groups is 1. The van der Waals surface area contributed by atoms with Gasteiger partial charge in [0.25, 0.3) is 0 Å². The number of aryl methyl sites for hydroxylation is 1. The van der Waals surface area contributed by atoms with Crippen molar-refractivity contribution in [1.82, 2.24) is 5.32 Å². The molecule has 0 fully saturated rings. The van der Waals surface area contributed by atoms with Crippen LogP contribution in [0.3, 0.4) is 0 Å². The van der Waals surface area contributed by atoms with Gasteiger partial charge in [0, 0.05) is 18.0 Å². The fourth-order valence-electron chi connectivity index (χ4n) is 4.08. The molecule has 0 saturated carbocycles. The summed E-state index contributed by atoms with van der Waals surface area (Å²) < 4.78 is 5.72. The third kappa shape index (κ3) is 6.38. The molecule has 1 aliphatic carbocycles. The van der Waals surface area contributed by atoms with Crippen molar-refractivity contribution >= 4 is 6.09 Å². The Kier molecular flexibility index (Phi) is 8.81. The summed E-state index contributed by atoms with van der Waals surface area (Å²) in [7, 11) is 0. The molecule has 0 saturated heterocycles. The van der Waals surface area contributed by atoms with Crippen molar-refractivity contribution in [1.29, 1.82) is 0 Å². The minimum absolute atomic E-state index is 0.0417. The van der Waals surface area contributed by atoms with Gasteiger partial charge in [-0.15, -0.1) is 0 Å². The summed E-state index contributed by atoms with van der Waals surface area (Å²) in [5.41, 5.74) is 4.08. The van der Waals surface area contributed by atoms with Crippen LogP contribution in [0.5, 0.6) is 11.5 Å². The average Bonchev–Trinajstić information content (AvgIpc) is 2.66. The molecule has 0 bridgehead atoms. The van der Waals surface area contributed by atoms with Gasteiger partial charge in [-0.25, -0.2) is 4.79 Å². The quantitative estimate of drug-likeness (QED) is 0.361. The predicted octanol–water partition coefficient (Wildman–Crippen LogP) is 6.64. The molecule has 2 atom stereocenters. The number of benzene rings is 1. The molecule has 0 radical (unpaired) electrons. The highest BCUT2D eigenvalue weighted by Gasteiger charge is 2.31. The molecule has 160 valence electrons. The van der Waals surface area contributed by atoms with E-state index in [1.54, 1.807) is 0 Å². The first-order valence-electron chi connectivity index (χ1n) is 11.0. The van der Waals surface area contributed by atoms with Crippen LogP contribution in [0.15, 0.2) is 35.9 Å². The molecule has 4 heteroatoms. The Morgan fingerprint density at radius 1 is 1.28 bits per heavy atom. The zero-order valence-electron chi connectivity index (χ0n) is 18.5. The highest BCUT2D eigenvalue weighted by molar-refractivity contribution is 5.72. The van der Waals surface area contributed by atoms with Gasteiger partial charge in [-0.3, -0.25) is 0 Å². The lowest BCUT2D eigenvalue weighted by Crippen LogP contribution is -2.28. The number of rotatable bonds is 9. The predicted molar refractivity (Wildman–Crippen MR) is 120 cm³/mol. The summed E-state index contributed by atoms with van der Waals surface area (Å²) in [6.07, 6.45) is 8.76. The van der Waals surface area contributed by atoms with Crippen molar-refractivity contribution in [3.05, 3.63) is 47.1 Å². The number of aromatic hydroxyl groups is 1. The second kappa shape index (κ2) is 11.1. The van der Waals surface area contributed by atoms with Crippen LogP contribution < -0.4 is 10.1 Å². The second-order valence-corrected chi connectivity index (χ2v) is 8.33. The van der Waals surface area contributed by atoms with Crippen molar-refractivity contribution in [2.24, 2.45) is 5.92 Å². The number of hydrogen-bond donors (Lipinski definition) is 2. The molecule has 0 unspecified atom stereocenters. The maximum absolute atomic E-state index is 12.3. The van der Waals surface area contributed by atoms with E-state index in [9.17, 15) is 9.90 Å². The Morgan fingerprint density at radius 2 is 2.03 bits per heavy atom. The molecule has 0 aromatic heterocycles. The second-order valence-electron chi connectivity index (χ2n) is 8.33. The van der Waals surface area contributed by atoms with E-state index in [2.05, 4.69) is 31.8 Å². The number of hydrogen-bond acceptors (Lipinski definition) is 3. The lowest BCUT2D eigenvalue weighted by molar-refractivity contribution is 0.199. The molecular weight excluding hydrogens is 362 g/mol. The fraction of sp³-hybridized carbons (Fsp3) is 0.560. The van der Waals surface area contributed by atoms with Gasteiger partial charge < -0.3 is 15.2 Å². The zero-order valence-corrected chi connectivity index (χ0v) is 18.5. The Balaban J connectivity index is 2.45. The number of ether oxygens (including phenoxy) is 1. The van der Waals surface area contributed by atoms with E-state index in [1.807, 2.05) is 26.0 Å². The third-order valence-corrected chi connectivity index (χ3v) is 5.68. The van der Waals surface area contributed by atoms with Crippen molar-refractivity contribution < 1.29 is 14.6 Å². The van der Waals surface area contributed by atoms with Gasteiger partial charge in [0.2, 0.25) is 0 Å². The highest BCUT2D eigenvalue weighted by Crippen LogP contribution is 2.47. The minimum Gasteiger partial charge on any atom is -0.507 e. The van der Waals surface area contributed by atoms with Gasteiger partial charge in [-0.1, -0.05) is 50.5 Å². The first kappa shape index (κ1) is 23.1. The van der Waals surface area contributed by atoms with Gasteiger partial charge in [0.1, 0.15) is 11.5 Å².